The summed E-state index contributed by atoms with van der Waals surface area (Å²) in [5, 5.41) is 16.5. The molecule has 1 aliphatic rings. The minimum atomic E-state index is -1.01. The minimum absolute atomic E-state index is 0.169. The van der Waals surface area contributed by atoms with Crippen molar-refractivity contribution in [3.63, 3.8) is 0 Å². The second kappa shape index (κ2) is 7.79. The molecule has 1 aliphatic heterocycles. The van der Waals surface area contributed by atoms with E-state index in [0.29, 0.717) is 10.7 Å². The maximum absolute atomic E-state index is 12.3. The van der Waals surface area contributed by atoms with Gasteiger partial charge in [0.15, 0.2) is 0 Å². The van der Waals surface area contributed by atoms with Gasteiger partial charge in [-0.2, -0.15) is 0 Å². The number of non-ortho nitro benzene ring substituents is 1. The van der Waals surface area contributed by atoms with Gasteiger partial charge in [-0.3, -0.25) is 24.7 Å². The molecule has 0 saturated heterocycles. The van der Waals surface area contributed by atoms with Crippen molar-refractivity contribution in [3.8, 4) is 0 Å². The average Bonchev–Trinajstić information content (AvgIpc) is 2.79. The number of nitrogens with one attached hydrogen (secondary N) is 2. The highest BCUT2D eigenvalue weighted by Gasteiger charge is 2.23. The molecule has 3 rings (SSSR count). The van der Waals surface area contributed by atoms with Gasteiger partial charge in [-0.15, -0.1) is 0 Å². The zero-order valence-corrected chi connectivity index (χ0v) is 14.5. The minimum Gasteiger partial charge on any atom is -0.336 e. The molecule has 0 fully saturated rings. The van der Waals surface area contributed by atoms with E-state index >= 15 is 0 Å². The molecule has 0 unspecified atom stereocenters. The number of nitro benzene ring substituents is 1. The molecule has 0 saturated carbocycles. The second-order valence-electron chi connectivity index (χ2n) is 5.60. The molecule has 1 heterocycles. The summed E-state index contributed by atoms with van der Waals surface area (Å²) in [4.78, 5) is 38.8. The van der Waals surface area contributed by atoms with Crippen molar-refractivity contribution >= 4 is 52.8 Å². The topological polar surface area (TPSA) is 114 Å². The zero-order chi connectivity index (χ0) is 19.4. The number of halogens is 1. The molecule has 0 aromatic heterocycles. The highest BCUT2D eigenvalue weighted by Crippen LogP contribution is 2.30. The maximum Gasteiger partial charge on any atom is 0.271 e. The number of carbonyl (C=O) groups is 2. The Morgan fingerprint density at radius 3 is 2.70 bits per heavy atom. The second-order valence-corrected chi connectivity index (χ2v) is 6.03. The number of aliphatic imine (C=N–C) groups is 1. The Balaban J connectivity index is 1.69. The van der Waals surface area contributed by atoms with Gasteiger partial charge in [0, 0.05) is 29.4 Å². The van der Waals surface area contributed by atoms with Crippen LogP contribution in [0.3, 0.4) is 0 Å². The van der Waals surface area contributed by atoms with E-state index in [-0.39, 0.29) is 11.4 Å². The maximum atomic E-state index is 12.3. The van der Waals surface area contributed by atoms with E-state index in [0.717, 1.165) is 5.56 Å². The number of rotatable bonds is 4. The number of anilines is 1. The van der Waals surface area contributed by atoms with Crippen LogP contribution in [-0.4, -0.2) is 29.0 Å². The predicted molar refractivity (Wildman–Crippen MR) is 102 cm³/mol. The van der Waals surface area contributed by atoms with Crippen LogP contribution in [0.25, 0.3) is 6.08 Å². The number of fused-ring (bicyclic) bond motifs is 1. The standard InChI is InChI=1S/C18H13ClN4O4/c19-12-4-1-11(2-5-12)3-8-17(24)21-16-10-20-14-7-6-13(23(26)27)9-15(14)22-18(16)25/h1-10,16H,(H,21,24)(H,22,25)/b8-3-/t16-/m1/s1. The molecule has 0 aliphatic carbocycles. The Bertz CT molecular complexity index is 970. The van der Waals surface area contributed by atoms with Gasteiger partial charge in [0.05, 0.1) is 16.3 Å². The first-order chi connectivity index (χ1) is 12.9. The number of hydrogen-bond acceptors (Lipinski definition) is 5. The third kappa shape index (κ3) is 4.56. The molecule has 27 heavy (non-hydrogen) atoms. The monoisotopic (exact) mass is 384 g/mol. The molecule has 8 nitrogen and oxygen atoms in total. The van der Waals surface area contributed by atoms with Crippen LogP contribution in [0.15, 0.2) is 53.5 Å². The highest BCUT2D eigenvalue weighted by molar-refractivity contribution is 6.30. The van der Waals surface area contributed by atoms with Crippen molar-refractivity contribution in [1.29, 1.82) is 0 Å². The number of benzene rings is 2. The third-order valence-corrected chi connectivity index (χ3v) is 3.94. The van der Waals surface area contributed by atoms with E-state index in [9.17, 15) is 19.7 Å². The average molecular weight is 385 g/mol. The molecule has 2 aromatic carbocycles. The first-order valence-corrected chi connectivity index (χ1v) is 8.18. The van der Waals surface area contributed by atoms with Crippen LogP contribution >= 0.6 is 11.6 Å². The van der Waals surface area contributed by atoms with Crippen molar-refractivity contribution in [2.75, 3.05) is 5.32 Å². The lowest BCUT2D eigenvalue weighted by Crippen LogP contribution is -2.43. The molecule has 2 aromatic rings. The molecule has 2 amide bonds. The molecule has 136 valence electrons. The summed E-state index contributed by atoms with van der Waals surface area (Å²) in [6, 6.07) is 9.80. The molecule has 9 heteroatoms. The van der Waals surface area contributed by atoms with Gasteiger partial charge in [-0.05, 0) is 29.8 Å². The third-order valence-electron chi connectivity index (χ3n) is 3.69. The van der Waals surface area contributed by atoms with Gasteiger partial charge in [0.2, 0.25) is 5.91 Å². The van der Waals surface area contributed by atoms with E-state index in [1.165, 1.54) is 30.5 Å². The van der Waals surface area contributed by atoms with Crippen molar-refractivity contribution < 1.29 is 14.5 Å². The van der Waals surface area contributed by atoms with Crippen LogP contribution in [0.5, 0.6) is 0 Å². The van der Waals surface area contributed by atoms with Crippen molar-refractivity contribution in [2.45, 2.75) is 6.04 Å². The van der Waals surface area contributed by atoms with Gasteiger partial charge >= 0.3 is 0 Å². The Hall–Kier alpha value is -3.52. The molecular weight excluding hydrogens is 372 g/mol. The van der Waals surface area contributed by atoms with E-state index in [1.807, 2.05) is 0 Å². The summed E-state index contributed by atoms with van der Waals surface area (Å²) >= 11 is 5.80. The van der Waals surface area contributed by atoms with E-state index in [4.69, 9.17) is 11.6 Å². The van der Waals surface area contributed by atoms with Crippen LogP contribution in [0, 0.1) is 10.1 Å². The SMILES string of the molecule is O=C(/C=C\c1ccc(Cl)cc1)N[C@@H]1C=Nc2ccc([N+](=O)[O-])cc2NC1=O. The predicted octanol–water partition coefficient (Wildman–Crippen LogP) is 3.10. The van der Waals surface area contributed by atoms with Crippen molar-refractivity contribution in [3.05, 3.63) is 69.2 Å². The summed E-state index contributed by atoms with van der Waals surface area (Å²) < 4.78 is 0. The Morgan fingerprint density at radius 2 is 2.00 bits per heavy atom. The van der Waals surface area contributed by atoms with Crippen LogP contribution in [0.2, 0.25) is 5.02 Å². The van der Waals surface area contributed by atoms with Gasteiger partial charge in [-0.1, -0.05) is 23.7 Å². The molecule has 2 N–H and O–H groups in total. The fraction of sp³-hybridized carbons (Fsp3) is 0.0556. The number of nitro groups is 1. The van der Waals surface area contributed by atoms with Crippen LogP contribution in [-0.2, 0) is 9.59 Å². The van der Waals surface area contributed by atoms with Crippen molar-refractivity contribution in [1.82, 2.24) is 5.32 Å². The fourth-order valence-electron chi connectivity index (χ4n) is 2.33. The Morgan fingerprint density at radius 1 is 1.26 bits per heavy atom. The van der Waals surface area contributed by atoms with Crippen LogP contribution in [0.4, 0.5) is 17.1 Å². The lowest BCUT2D eigenvalue weighted by molar-refractivity contribution is -0.384. The van der Waals surface area contributed by atoms with Gasteiger partial charge in [-0.25, -0.2) is 0 Å². The fourth-order valence-corrected chi connectivity index (χ4v) is 2.46. The quantitative estimate of drug-likeness (QED) is 0.479. The number of nitrogens with zero attached hydrogens (tertiary/aromatic N) is 2. The normalized spacial score (nSPS) is 15.7. The molecule has 0 spiro atoms. The largest absolute Gasteiger partial charge is 0.336 e. The highest BCUT2D eigenvalue weighted by atomic mass is 35.5. The number of hydrogen-bond donors (Lipinski definition) is 2. The van der Waals surface area contributed by atoms with Crippen LogP contribution < -0.4 is 10.6 Å². The smallest absolute Gasteiger partial charge is 0.271 e. The lowest BCUT2D eigenvalue weighted by atomic mass is 10.2. The summed E-state index contributed by atoms with van der Waals surface area (Å²) in [6.45, 7) is 0. The van der Waals surface area contributed by atoms with Gasteiger partial charge in [0.25, 0.3) is 11.6 Å². The summed E-state index contributed by atoms with van der Waals surface area (Å²) in [5.41, 5.74) is 1.17. The molecular formula is C18H13ClN4O4. The molecule has 1 atom stereocenters. The van der Waals surface area contributed by atoms with E-state index in [2.05, 4.69) is 15.6 Å². The number of carbonyl (C=O) groups excluding carboxylic acids is 2. The number of amides is 2. The first kappa shape index (κ1) is 18.3. The van der Waals surface area contributed by atoms with E-state index in [1.54, 1.807) is 30.3 Å². The van der Waals surface area contributed by atoms with E-state index < -0.39 is 22.8 Å². The van der Waals surface area contributed by atoms with Crippen LogP contribution in [0.1, 0.15) is 5.56 Å². The Labute approximate surface area is 158 Å². The summed E-state index contributed by atoms with van der Waals surface area (Å²) in [5.74, 6) is -1.04. The Kier molecular flexibility index (Phi) is 5.28. The summed E-state index contributed by atoms with van der Waals surface area (Å²) in [6.07, 6.45) is 4.14. The first-order valence-electron chi connectivity index (χ1n) is 7.80. The van der Waals surface area contributed by atoms with Gasteiger partial charge < -0.3 is 10.6 Å². The lowest BCUT2D eigenvalue weighted by Gasteiger charge is -2.11. The molecule has 0 bridgehead atoms. The van der Waals surface area contributed by atoms with Crippen molar-refractivity contribution in [2.24, 2.45) is 4.99 Å². The summed E-state index contributed by atoms with van der Waals surface area (Å²) in [7, 11) is 0. The molecule has 0 radical (unpaired) electrons. The zero-order valence-electron chi connectivity index (χ0n) is 13.8. The van der Waals surface area contributed by atoms with Gasteiger partial charge in [0.1, 0.15) is 6.04 Å².